The molecule has 2 fully saturated rings. The number of imide groups is 1. The lowest BCUT2D eigenvalue weighted by Gasteiger charge is -2.19. The zero-order valence-electron chi connectivity index (χ0n) is 19.1. The normalized spacial score (nSPS) is 24.3. The molecule has 2 aromatic carbocycles. The molecule has 2 aliphatic carbocycles. The first-order valence-electron chi connectivity index (χ1n) is 11.2. The number of nitrogens with one attached hydrogen (secondary N) is 1. The van der Waals surface area contributed by atoms with Crippen molar-refractivity contribution in [3.8, 4) is 5.75 Å². The van der Waals surface area contributed by atoms with E-state index in [2.05, 4.69) is 11.4 Å². The van der Waals surface area contributed by atoms with Gasteiger partial charge in [0.25, 0.3) is 5.91 Å². The largest absolute Gasteiger partial charge is 0.495 e. The number of halogens is 1. The fourth-order valence-corrected chi connectivity index (χ4v) is 5.65. The standard InChI is InChI=1S/C26H23ClN2O6/c1-13-8-15-10-18(13)23-22(15)24(31)29(25(23)32)17-5-3-4-14(9-17)26(33)35-12-21(30)28-19-11-16(27)6-7-20(19)34-2/h3-9,11,15,18,22-23H,10,12H2,1-2H3,(H,28,30)/t15-,18+,22+,23+/m0/s1. The summed E-state index contributed by atoms with van der Waals surface area (Å²) >= 11 is 5.96. The highest BCUT2D eigenvalue weighted by atomic mass is 35.5. The van der Waals surface area contributed by atoms with Crippen LogP contribution >= 0.6 is 11.6 Å². The minimum atomic E-state index is -0.753. The molecule has 1 N–H and O–H groups in total. The maximum absolute atomic E-state index is 13.2. The Labute approximate surface area is 206 Å². The van der Waals surface area contributed by atoms with Crippen LogP contribution in [0.1, 0.15) is 23.7 Å². The lowest BCUT2D eigenvalue weighted by molar-refractivity contribution is -0.123. The van der Waals surface area contributed by atoms with E-state index < -0.39 is 18.5 Å². The van der Waals surface area contributed by atoms with Gasteiger partial charge in [-0.1, -0.05) is 29.3 Å². The topological polar surface area (TPSA) is 102 Å². The van der Waals surface area contributed by atoms with Gasteiger partial charge in [0.2, 0.25) is 11.8 Å². The monoisotopic (exact) mass is 494 g/mol. The number of nitrogens with zero attached hydrogens (tertiary/aromatic N) is 1. The number of hydrogen-bond acceptors (Lipinski definition) is 6. The van der Waals surface area contributed by atoms with Gasteiger partial charge in [-0.15, -0.1) is 0 Å². The second-order valence-electron chi connectivity index (χ2n) is 9.00. The molecule has 9 heteroatoms. The van der Waals surface area contributed by atoms with Crippen molar-refractivity contribution in [2.75, 3.05) is 23.9 Å². The van der Waals surface area contributed by atoms with Crippen LogP contribution in [-0.2, 0) is 19.1 Å². The van der Waals surface area contributed by atoms with Crippen LogP contribution in [0.3, 0.4) is 0 Å². The summed E-state index contributed by atoms with van der Waals surface area (Å²) in [6.45, 7) is 1.47. The number of fused-ring (bicyclic) bond motifs is 5. The first-order chi connectivity index (χ1) is 16.8. The van der Waals surface area contributed by atoms with Crippen LogP contribution in [0.15, 0.2) is 54.1 Å². The second-order valence-corrected chi connectivity index (χ2v) is 9.44. The van der Waals surface area contributed by atoms with E-state index in [4.69, 9.17) is 21.1 Å². The Morgan fingerprint density at radius 3 is 2.66 bits per heavy atom. The molecule has 1 saturated carbocycles. The molecular weight excluding hydrogens is 472 g/mol. The molecule has 1 aliphatic heterocycles. The lowest BCUT2D eigenvalue weighted by Crippen LogP contribution is -2.33. The Morgan fingerprint density at radius 1 is 1.11 bits per heavy atom. The molecule has 2 aromatic rings. The van der Waals surface area contributed by atoms with Crippen LogP contribution < -0.4 is 15.0 Å². The van der Waals surface area contributed by atoms with Crippen molar-refractivity contribution in [3.63, 3.8) is 0 Å². The molecule has 0 aromatic heterocycles. The summed E-state index contributed by atoms with van der Waals surface area (Å²) in [7, 11) is 1.46. The molecule has 0 spiro atoms. The average molecular weight is 495 g/mol. The molecule has 180 valence electrons. The molecule has 3 aliphatic rings. The first kappa shape index (κ1) is 23.1. The van der Waals surface area contributed by atoms with Gasteiger partial charge >= 0.3 is 5.97 Å². The van der Waals surface area contributed by atoms with Crippen molar-refractivity contribution in [1.29, 1.82) is 0 Å². The molecule has 3 amide bonds. The van der Waals surface area contributed by atoms with E-state index in [1.54, 1.807) is 24.3 Å². The fourth-order valence-electron chi connectivity index (χ4n) is 5.48. The number of ether oxygens (including phenoxy) is 2. The number of hydrogen-bond donors (Lipinski definition) is 1. The number of allylic oxidation sites excluding steroid dienone is 2. The van der Waals surface area contributed by atoms with Crippen LogP contribution in [0, 0.1) is 23.7 Å². The molecule has 5 rings (SSSR count). The maximum atomic E-state index is 13.2. The summed E-state index contributed by atoms with van der Waals surface area (Å²) in [6, 6.07) is 10.9. The van der Waals surface area contributed by atoms with Crippen molar-refractivity contribution < 1.29 is 28.7 Å². The molecule has 0 radical (unpaired) electrons. The number of anilines is 2. The molecule has 1 heterocycles. The highest BCUT2D eigenvalue weighted by Gasteiger charge is 2.60. The number of carbonyl (C=O) groups is 4. The zero-order chi connectivity index (χ0) is 24.9. The van der Waals surface area contributed by atoms with E-state index in [-0.39, 0.29) is 41.0 Å². The Kier molecular flexibility index (Phi) is 5.84. The molecule has 4 atom stereocenters. The predicted molar refractivity (Wildman–Crippen MR) is 128 cm³/mol. The summed E-state index contributed by atoms with van der Waals surface area (Å²) in [4.78, 5) is 52.4. The van der Waals surface area contributed by atoms with Crippen molar-refractivity contribution in [2.45, 2.75) is 13.3 Å². The SMILES string of the molecule is COc1ccc(Cl)cc1NC(=O)COC(=O)c1cccc(N2C(=O)[C@H]3[C@H](C2=O)[C@H]2C=C(C)[C@H]3C2)c1. The van der Waals surface area contributed by atoms with E-state index in [1.165, 1.54) is 35.8 Å². The number of amides is 3. The lowest BCUT2D eigenvalue weighted by atomic mass is 9.82. The van der Waals surface area contributed by atoms with Crippen molar-refractivity contribution in [3.05, 3.63) is 64.7 Å². The number of rotatable bonds is 6. The van der Waals surface area contributed by atoms with Gasteiger partial charge in [-0.05, 0) is 61.6 Å². The third-order valence-electron chi connectivity index (χ3n) is 6.99. The zero-order valence-corrected chi connectivity index (χ0v) is 19.9. The Balaban J connectivity index is 1.26. The van der Waals surface area contributed by atoms with Gasteiger partial charge in [-0.2, -0.15) is 0 Å². The van der Waals surface area contributed by atoms with E-state index >= 15 is 0 Å². The molecule has 0 unspecified atom stereocenters. The molecular formula is C26H23ClN2O6. The highest BCUT2D eigenvalue weighted by Crippen LogP contribution is 2.55. The van der Waals surface area contributed by atoms with Gasteiger partial charge in [-0.3, -0.25) is 14.4 Å². The van der Waals surface area contributed by atoms with Crippen molar-refractivity contribution in [1.82, 2.24) is 0 Å². The van der Waals surface area contributed by atoms with Crippen molar-refractivity contribution in [2.24, 2.45) is 23.7 Å². The van der Waals surface area contributed by atoms with Crippen LogP contribution in [0.2, 0.25) is 5.02 Å². The van der Waals surface area contributed by atoms with E-state index in [1.807, 2.05) is 6.92 Å². The summed E-state index contributed by atoms with van der Waals surface area (Å²) < 4.78 is 10.3. The van der Waals surface area contributed by atoms with Gasteiger partial charge in [0, 0.05) is 5.02 Å². The molecule has 2 bridgehead atoms. The summed E-state index contributed by atoms with van der Waals surface area (Å²) in [5, 5.41) is 3.00. The Hall–Kier alpha value is -3.65. The van der Waals surface area contributed by atoms with Gasteiger partial charge in [0.15, 0.2) is 6.61 Å². The van der Waals surface area contributed by atoms with Gasteiger partial charge in [0.1, 0.15) is 5.75 Å². The predicted octanol–water partition coefficient (Wildman–Crippen LogP) is 3.85. The van der Waals surface area contributed by atoms with E-state index in [0.717, 1.165) is 6.42 Å². The van der Waals surface area contributed by atoms with E-state index in [0.29, 0.717) is 22.1 Å². The van der Waals surface area contributed by atoms with Crippen LogP contribution in [0.5, 0.6) is 5.75 Å². The number of carbonyl (C=O) groups excluding carboxylic acids is 4. The summed E-state index contributed by atoms with van der Waals surface area (Å²) in [5.41, 5.74) is 1.98. The number of esters is 1. The van der Waals surface area contributed by atoms with Gasteiger partial charge in [-0.25, -0.2) is 9.69 Å². The minimum Gasteiger partial charge on any atom is -0.495 e. The van der Waals surface area contributed by atoms with Crippen LogP contribution in [0.4, 0.5) is 11.4 Å². The van der Waals surface area contributed by atoms with Crippen LogP contribution in [-0.4, -0.2) is 37.4 Å². The quantitative estimate of drug-likeness (QED) is 0.372. The van der Waals surface area contributed by atoms with Gasteiger partial charge in [0.05, 0.1) is 35.9 Å². The smallest absolute Gasteiger partial charge is 0.338 e. The first-order valence-corrected chi connectivity index (χ1v) is 11.6. The van der Waals surface area contributed by atoms with Crippen molar-refractivity contribution >= 4 is 46.7 Å². The third kappa shape index (κ3) is 3.97. The highest BCUT2D eigenvalue weighted by molar-refractivity contribution is 6.31. The average Bonchev–Trinajstić information content (AvgIpc) is 3.47. The fraction of sp³-hybridized carbons (Fsp3) is 0.308. The Morgan fingerprint density at radius 2 is 1.89 bits per heavy atom. The number of methoxy groups -OCH3 is 1. The summed E-state index contributed by atoms with van der Waals surface area (Å²) in [5.74, 6) is -1.84. The second kappa shape index (κ2) is 8.85. The number of benzene rings is 2. The Bertz CT molecular complexity index is 1290. The molecule has 8 nitrogen and oxygen atoms in total. The van der Waals surface area contributed by atoms with E-state index in [9.17, 15) is 19.2 Å². The van der Waals surface area contributed by atoms with Gasteiger partial charge < -0.3 is 14.8 Å². The molecule has 35 heavy (non-hydrogen) atoms. The van der Waals surface area contributed by atoms with Crippen LogP contribution in [0.25, 0.3) is 0 Å². The third-order valence-corrected chi connectivity index (χ3v) is 7.23. The maximum Gasteiger partial charge on any atom is 0.338 e. The minimum absolute atomic E-state index is 0.0937. The summed E-state index contributed by atoms with van der Waals surface area (Å²) in [6.07, 6.45) is 2.96. The molecule has 1 saturated heterocycles.